The summed E-state index contributed by atoms with van der Waals surface area (Å²) >= 11 is 0. The van der Waals surface area contributed by atoms with Crippen LogP contribution in [0.15, 0.2) is 18.2 Å². The predicted molar refractivity (Wildman–Crippen MR) is 74.0 cm³/mol. The van der Waals surface area contributed by atoms with E-state index in [0.717, 1.165) is 17.1 Å². The maximum Gasteiger partial charge on any atom is 0.121 e. The van der Waals surface area contributed by atoms with E-state index >= 15 is 0 Å². The second kappa shape index (κ2) is 4.69. The lowest BCUT2D eigenvalue weighted by Crippen LogP contribution is -2.33. The van der Waals surface area contributed by atoms with Crippen LogP contribution in [0.1, 0.15) is 19.3 Å². The molecular weight excluding hydrogens is 226 g/mol. The van der Waals surface area contributed by atoms with Gasteiger partial charge in [0.2, 0.25) is 0 Å². The van der Waals surface area contributed by atoms with Crippen LogP contribution in [0.25, 0.3) is 0 Å². The molecule has 0 spiro atoms. The van der Waals surface area contributed by atoms with E-state index in [-0.39, 0.29) is 0 Å². The van der Waals surface area contributed by atoms with Crippen LogP contribution in [-0.4, -0.2) is 37.2 Å². The number of nitrogens with one attached hydrogen (secondary N) is 1. The molecule has 1 aromatic rings. The quantitative estimate of drug-likeness (QED) is 0.801. The van der Waals surface area contributed by atoms with Gasteiger partial charge >= 0.3 is 0 Å². The van der Waals surface area contributed by atoms with E-state index in [2.05, 4.69) is 10.2 Å². The molecule has 98 valence electrons. The van der Waals surface area contributed by atoms with Crippen molar-refractivity contribution in [2.24, 2.45) is 0 Å². The third-order valence-corrected chi connectivity index (χ3v) is 4.21. The number of ether oxygens (including phenoxy) is 1. The van der Waals surface area contributed by atoms with Gasteiger partial charge in [-0.25, -0.2) is 0 Å². The number of methoxy groups -OCH3 is 1. The van der Waals surface area contributed by atoms with Gasteiger partial charge in [-0.1, -0.05) is 0 Å². The van der Waals surface area contributed by atoms with Gasteiger partial charge in [-0.2, -0.15) is 0 Å². The summed E-state index contributed by atoms with van der Waals surface area (Å²) in [6.45, 7) is 2.47. The summed E-state index contributed by atoms with van der Waals surface area (Å²) in [6, 6.07) is 7.02. The smallest absolute Gasteiger partial charge is 0.121 e. The zero-order valence-electron chi connectivity index (χ0n) is 10.9. The molecule has 2 aliphatic rings. The van der Waals surface area contributed by atoms with Crippen molar-refractivity contribution in [3.8, 4) is 5.75 Å². The first kappa shape index (κ1) is 11.7. The van der Waals surface area contributed by atoms with Gasteiger partial charge in [-0.05, 0) is 37.9 Å². The average Bonchev–Trinajstić information content (AvgIpc) is 2.96. The van der Waals surface area contributed by atoms with Gasteiger partial charge in [0.25, 0.3) is 0 Å². The molecule has 4 nitrogen and oxygen atoms in total. The number of anilines is 2. The number of nitrogen functional groups attached to an aromatic ring is 1. The minimum absolute atomic E-state index is 0.530. The van der Waals surface area contributed by atoms with Gasteiger partial charge in [-0.15, -0.1) is 0 Å². The predicted octanol–water partition coefficient (Wildman–Crippen LogP) is 1.93. The summed E-state index contributed by atoms with van der Waals surface area (Å²) in [6.07, 6.45) is 3.85. The van der Waals surface area contributed by atoms with Gasteiger partial charge in [-0.3, -0.25) is 4.90 Å². The van der Waals surface area contributed by atoms with Crippen molar-refractivity contribution >= 4 is 11.4 Å². The molecule has 1 aromatic carbocycles. The van der Waals surface area contributed by atoms with E-state index in [1.165, 1.54) is 32.4 Å². The fourth-order valence-electron chi connectivity index (χ4n) is 3.24. The SMILES string of the molecule is COc1ccc(N)c(NC2CCN3CCCC23)c1. The van der Waals surface area contributed by atoms with E-state index in [1.54, 1.807) is 7.11 Å². The van der Waals surface area contributed by atoms with Gasteiger partial charge in [0, 0.05) is 24.7 Å². The fraction of sp³-hybridized carbons (Fsp3) is 0.571. The fourth-order valence-corrected chi connectivity index (χ4v) is 3.24. The zero-order chi connectivity index (χ0) is 12.5. The van der Waals surface area contributed by atoms with Crippen molar-refractivity contribution in [1.82, 2.24) is 4.90 Å². The number of hydrogen-bond donors (Lipinski definition) is 2. The molecular formula is C14H21N3O. The maximum absolute atomic E-state index is 6.03. The number of fused-ring (bicyclic) bond motifs is 1. The maximum atomic E-state index is 6.03. The van der Waals surface area contributed by atoms with Gasteiger partial charge in [0.1, 0.15) is 5.75 Å². The molecule has 2 aliphatic heterocycles. The summed E-state index contributed by atoms with van der Waals surface area (Å²) in [5.41, 5.74) is 7.83. The van der Waals surface area contributed by atoms with Crippen LogP contribution in [0.5, 0.6) is 5.75 Å². The average molecular weight is 247 g/mol. The van der Waals surface area contributed by atoms with Crippen LogP contribution < -0.4 is 15.8 Å². The Hall–Kier alpha value is -1.42. The lowest BCUT2D eigenvalue weighted by molar-refractivity contribution is 0.318. The molecule has 2 fully saturated rings. The Balaban J connectivity index is 1.76. The van der Waals surface area contributed by atoms with Crippen molar-refractivity contribution in [3.63, 3.8) is 0 Å². The van der Waals surface area contributed by atoms with Gasteiger partial charge in [0.15, 0.2) is 0 Å². The molecule has 2 saturated heterocycles. The number of nitrogens with zero attached hydrogens (tertiary/aromatic N) is 1. The molecule has 4 heteroatoms. The number of nitrogens with two attached hydrogens (primary N) is 1. The Labute approximate surface area is 108 Å². The molecule has 0 radical (unpaired) electrons. The van der Waals surface area contributed by atoms with E-state index < -0.39 is 0 Å². The van der Waals surface area contributed by atoms with Crippen LogP contribution in [0.2, 0.25) is 0 Å². The molecule has 2 atom stereocenters. The number of rotatable bonds is 3. The Bertz CT molecular complexity index is 435. The molecule has 3 rings (SSSR count). The summed E-state index contributed by atoms with van der Waals surface area (Å²) in [5, 5.41) is 3.61. The summed E-state index contributed by atoms with van der Waals surface area (Å²) < 4.78 is 5.25. The molecule has 0 bridgehead atoms. The Morgan fingerprint density at radius 2 is 2.22 bits per heavy atom. The molecule has 0 amide bonds. The zero-order valence-corrected chi connectivity index (χ0v) is 10.9. The summed E-state index contributed by atoms with van der Waals surface area (Å²) in [7, 11) is 1.68. The molecule has 0 aliphatic carbocycles. The summed E-state index contributed by atoms with van der Waals surface area (Å²) in [5.74, 6) is 0.855. The van der Waals surface area contributed by atoms with Crippen LogP contribution in [0, 0.1) is 0 Å². The van der Waals surface area contributed by atoms with E-state index in [1.807, 2.05) is 18.2 Å². The highest BCUT2D eigenvalue weighted by molar-refractivity contribution is 5.68. The first-order valence-electron chi connectivity index (χ1n) is 6.72. The van der Waals surface area contributed by atoms with Crippen molar-refractivity contribution in [2.45, 2.75) is 31.3 Å². The molecule has 18 heavy (non-hydrogen) atoms. The van der Waals surface area contributed by atoms with Crippen molar-refractivity contribution < 1.29 is 4.74 Å². The first-order chi connectivity index (χ1) is 8.78. The lowest BCUT2D eigenvalue weighted by Gasteiger charge is -2.23. The first-order valence-corrected chi connectivity index (χ1v) is 6.72. The molecule has 0 saturated carbocycles. The van der Waals surface area contributed by atoms with Crippen LogP contribution in [0.3, 0.4) is 0 Å². The Morgan fingerprint density at radius 3 is 3.06 bits per heavy atom. The third-order valence-electron chi connectivity index (χ3n) is 4.21. The van der Waals surface area contributed by atoms with E-state index in [4.69, 9.17) is 10.5 Å². The van der Waals surface area contributed by atoms with E-state index in [0.29, 0.717) is 12.1 Å². The monoisotopic (exact) mass is 247 g/mol. The van der Waals surface area contributed by atoms with Crippen LogP contribution >= 0.6 is 0 Å². The largest absolute Gasteiger partial charge is 0.497 e. The minimum Gasteiger partial charge on any atom is -0.497 e. The molecule has 2 heterocycles. The second-order valence-electron chi connectivity index (χ2n) is 5.24. The normalized spacial score (nSPS) is 27.2. The van der Waals surface area contributed by atoms with Crippen LogP contribution in [-0.2, 0) is 0 Å². The number of hydrogen-bond acceptors (Lipinski definition) is 4. The highest BCUT2D eigenvalue weighted by Crippen LogP contribution is 2.32. The van der Waals surface area contributed by atoms with Crippen molar-refractivity contribution in [1.29, 1.82) is 0 Å². The van der Waals surface area contributed by atoms with Gasteiger partial charge < -0.3 is 15.8 Å². The van der Waals surface area contributed by atoms with E-state index in [9.17, 15) is 0 Å². The standard InChI is InChI=1S/C14H21N3O/c1-18-10-4-5-11(15)13(9-10)16-12-6-8-17-7-2-3-14(12)17/h4-5,9,12,14,16H,2-3,6-8,15H2,1H3. The highest BCUT2D eigenvalue weighted by Gasteiger charge is 2.37. The molecule has 3 N–H and O–H groups in total. The third kappa shape index (κ3) is 2.01. The molecule has 2 unspecified atom stereocenters. The summed E-state index contributed by atoms with van der Waals surface area (Å²) in [4.78, 5) is 2.59. The number of benzene rings is 1. The van der Waals surface area contributed by atoms with Crippen molar-refractivity contribution in [3.05, 3.63) is 18.2 Å². The van der Waals surface area contributed by atoms with Crippen molar-refractivity contribution in [2.75, 3.05) is 31.2 Å². The molecule has 0 aromatic heterocycles. The Morgan fingerprint density at radius 1 is 1.33 bits per heavy atom. The van der Waals surface area contributed by atoms with Gasteiger partial charge in [0.05, 0.1) is 18.5 Å². The topological polar surface area (TPSA) is 50.5 Å². The lowest BCUT2D eigenvalue weighted by atomic mass is 10.1. The highest BCUT2D eigenvalue weighted by atomic mass is 16.5. The second-order valence-corrected chi connectivity index (χ2v) is 5.24. The Kier molecular flexibility index (Phi) is 3.04. The minimum atomic E-state index is 0.530. The van der Waals surface area contributed by atoms with Crippen LogP contribution in [0.4, 0.5) is 11.4 Å².